The number of rotatable bonds is 10. The minimum absolute atomic E-state index is 0.192. The van der Waals surface area contributed by atoms with E-state index in [1.165, 1.54) is 18.9 Å². The first-order chi connectivity index (χ1) is 14.9. The first-order valence-electron chi connectivity index (χ1n) is 9.79. The van der Waals surface area contributed by atoms with E-state index >= 15 is 0 Å². The molecular weight excluding hydrogens is 420 g/mol. The number of nitrogens with zero attached hydrogens (tertiary/aromatic N) is 1. The third-order valence-corrected chi connectivity index (χ3v) is 6.08. The minimum atomic E-state index is -0.695. The molecule has 0 fully saturated rings. The molecule has 0 aromatic heterocycles. The first kappa shape index (κ1) is 24.3. The molecule has 1 atom stereocenters. The fourth-order valence-electron chi connectivity index (χ4n) is 3.37. The number of amides is 1. The number of hydrogen-bond acceptors (Lipinski definition) is 8. The standard InChI is InChI=1S/C22H28N2O6S/c1-6-30-22(27)19-18(15-8-7-9-16(12-15)28-4)17(21(26)29-5)14(2)24(3)20(19)31-11-10-23-13-25/h7-9,12-13,18H,6,10-11H2,1-5H3,(H,23,25). The average molecular weight is 449 g/mol. The lowest BCUT2D eigenvalue weighted by Crippen LogP contribution is -2.33. The Bertz CT molecular complexity index is 896. The van der Waals surface area contributed by atoms with Crippen molar-refractivity contribution in [3.63, 3.8) is 0 Å². The van der Waals surface area contributed by atoms with Gasteiger partial charge in [-0.2, -0.15) is 0 Å². The molecule has 1 aliphatic rings. The molecule has 0 bridgehead atoms. The summed E-state index contributed by atoms with van der Waals surface area (Å²) < 4.78 is 15.8. The number of carbonyl (C=O) groups excluding carboxylic acids is 3. The molecule has 31 heavy (non-hydrogen) atoms. The molecular formula is C22H28N2O6S. The molecule has 1 N–H and O–H groups in total. The number of ether oxygens (including phenoxy) is 3. The molecule has 1 amide bonds. The Hall–Kier alpha value is -2.94. The van der Waals surface area contributed by atoms with E-state index in [0.29, 0.717) is 51.9 Å². The summed E-state index contributed by atoms with van der Waals surface area (Å²) in [5.74, 6) is -0.592. The topological polar surface area (TPSA) is 94.2 Å². The van der Waals surface area contributed by atoms with Crippen LogP contribution < -0.4 is 10.1 Å². The van der Waals surface area contributed by atoms with E-state index in [2.05, 4.69) is 5.32 Å². The molecule has 1 aromatic carbocycles. The van der Waals surface area contributed by atoms with Gasteiger partial charge in [0.15, 0.2) is 0 Å². The number of methoxy groups -OCH3 is 2. The van der Waals surface area contributed by atoms with Crippen LogP contribution in [0.3, 0.4) is 0 Å². The summed E-state index contributed by atoms with van der Waals surface area (Å²) >= 11 is 1.41. The highest BCUT2D eigenvalue weighted by atomic mass is 32.2. The summed E-state index contributed by atoms with van der Waals surface area (Å²) in [6.45, 7) is 4.16. The number of carbonyl (C=O) groups is 3. The highest BCUT2D eigenvalue weighted by molar-refractivity contribution is 8.03. The van der Waals surface area contributed by atoms with Crippen molar-refractivity contribution in [2.75, 3.05) is 40.2 Å². The average Bonchev–Trinajstić information content (AvgIpc) is 2.78. The molecule has 0 saturated heterocycles. The Morgan fingerprint density at radius 3 is 2.58 bits per heavy atom. The van der Waals surface area contributed by atoms with E-state index in [4.69, 9.17) is 14.2 Å². The van der Waals surface area contributed by atoms with Gasteiger partial charge in [0.25, 0.3) is 0 Å². The van der Waals surface area contributed by atoms with Crippen molar-refractivity contribution >= 4 is 30.1 Å². The molecule has 1 aliphatic heterocycles. The fourth-order valence-corrected chi connectivity index (χ4v) is 4.47. The molecule has 0 spiro atoms. The number of benzene rings is 1. The second-order valence-corrected chi connectivity index (χ2v) is 7.70. The predicted molar refractivity (Wildman–Crippen MR) is 118 cm³/mol. The van der Waals surface area contributed by atoms with E-state index in [1.807, 2.05) is 13.0 Å². The van der Waals surface area contributed by atoms with Crippen molar-refractivity contribution < 1.29 is 28.6 Å². The van der Waals surface area contributed by atoms with Gasteiger partial charge in [-0.25, -0.2) is 9.59 Å². The van der Waals surface area contributed by atoms with Crippen LogP contribution in [0, 0.1) is 0 Å². The van der Waals surface area contributed by atoms with Gasteiger partial charge in [0.2, 0.25) is 6.41 Å². The lowest BCUT2D eigenvalue weighted by molar-refractivity contribution is -0.139. The first-order valence-corrected chi connectivity index (χ1v) is 10.8. The molecule has 0 saturated carbocycles. The Kier molecular flexibility index (Phi) is 8.99. The second kappa shape index (κ2) is 11.5. The van der Waals surface area contributed by atoms with E-state index in [9.17, 15) is 14.4 Å². The van der Waals surface area contributed by atoms with Crippen molar-refractivity contribution in [1.82, 2.24) is 10.2 Å². The van der Waals surface area contributed by atoms with Gasteiger partial charge >= 0.3 is 11.9 Å². The molecule has 8 nitrogen and oxygen atoms in total. The van der Waals surface area contributed by atoms with Crippen molar-refractivity contribution in [3.8, 4) is 5.75 Å². The molecule has 1 unspecified atom stereocenters. The number of nitrogens with one attached hydrogen (secondary N) is 1. The molecule has 0 aliphatic carbocycles. The fraction of sp³-hybridized carbons (Fsp3) is 0.409. The summed E-state index contributed by atoms with van der Waals surface area (Å²) in [4.78, 5) is 38.4. The Labute approximate surface area is 186 Å². The smallest absolute Gasteiger partial charge is 0.337 e. The third kappa shape index (κ3) is 5.41. The number of allylic oxidation sites excluding steroid dienone is 1. The summed E-state index contributed by atoms with van der Waals surface area (Å²) in [6.07, 6.45) is 0.630. The maximum Gasteiger partial charge on any atom is 0.337 e. The van der Waals surface area contributed by atoms with Crippen LogP contribution in [0.2, 0.25) is 0 Å². The highest BCUT2D eigenvalue weighted by Gasteiger charge is 2.41. The van der Waals surface area contributed by atoms with E-state index < -0.39 is 17.9 Å². The van der Waals surface area contributed by atoms with E-state index in [-0.39, 0.29) is 6.61 Å². The normalized spacial score (nSPS) is 16.2. The lowest BCUT2D eigenvalue weighted by Gasteiger charge is -2.36. The van der Waals surface area contributed by atoms with Gasteiger partial charge in [-0.3, -0.25) is 4.79 Å². The Balaban J connectivity index is 2.71. The summed E-state index contributed by atoms with van der Waals surface area (Å²) in [7, 11) is 4.66. The lowest BCUT2D eigenvalue weighted by atomic mass is 9.81. The molecule has 1 heterocycles. The summed E-state index contributed by atoms with van der Waals surface area (Å²) in [6, 6.07) is 7.23. The van der Waals surface area contributed by atoms with Gasteiger partial charge in [0.1, 0.15) is 5.75 Å². The Morgan fingerprint density at radius 2 is 1.97 bits per heavy atom. The maximum atomic E-state index is 13.1. The SMILES string of the molecule is CCOC(=O)C1=C(SCCNC=O)N(C)C(C)=C(C(=O)OC)C1c1cccc(OC)c1. The zero-order valence-electron chi connectivity index (χ0n) is 18.4. The quantitative estimate of drug-likeness (QED) is 0.331. The van der Waals surface area contributed by atoms with Crippen LogP contribution in [-0.2, 0) is 23.9 Å². The van der Waals surface area contributed by atoms with Crippen LogP contribution in [0.1, 0.15) is 25.3 Å². The van der Waals surface area contributed by atoms with Crippen LogP contribution in [-0.4, -0.2) is 63.4 Å². The maximum absolute atomic E-state index is 13.1. The van der Waals surface area contributed by atoms with Crippen molar-refractivity contribution in [1.29, 1.82) is 0 Å². The van der Waals surface area contributed by atoms with Gasteiger partial charge in [-0.05, 0) is 31.5 Å². The van der Waals surface area contributed by atoms with Crippen molar-refractivity contribution in [2.24, 2.45) is 0 Å². The number of hydrogen-bond donors (Lipinski definition) is 1. The third-order valence-electron chi connectivity index (χ3n) is 4.90. The zero-order valence-corrected chi connectivity index (χ0v) is 19.2. The molecule has 2 rings (SSSR count). The minimum Gasteiger partial charge on any atom is -0.497 e. The van der Waals surface area contributed by atoms with E-state index in [0.717, 1.165) is 0 Å². The molecule has 1 aromatic rings. The Morgan fingerprint density at radius 1 is 1.23 bits per heavy atom. The molecule has 168 valence electrons. The molecule has 9 heteroatoms. The van der Waals surface area contributed by atoms with Gasteiger partial charge in [-0.1, -0.05) is 12.1 Å². The largest absolute Gasteiger partial charge is 0.497 e. The molecule has 0 radical (unpaired) electrons. The van der Waals surface area contributed by atoms with Gasteiger partial charge in [-0.15, -0.1) is 11.8 Å². The van der Waals surface area contributed by atoms with Crippen LogP contribution >= 0.6 is 11.8 Å². The number of thioether (sulfide) groups is 1. The van der Waals surface area contributed by atoms with Gasteiger partial charge in [0.05, 0.1) is 42.9 Å². The number of esters is 2. The predicted octanol–water partition coefficient (Wildman–Crippen LogP) is 2.43. The van der Waals surface area contributed by atoms with Crippen LogP contribution in [0.15, 0.2) is 46.1 Å². The van der Waals surface area contributed by atoms with Crippen LogP contribution in [0.25, 0.3) is 0 Å². The zero-order chi connectivity index (χ0) is 23.0. The monoisotopic (exact) mass is 448 g/mol. The van der Waals surface area contributed by atoms with Crippen molar-refractivity contribution in [3.05, 3.63) is 51.7 Å². The van der Waals surface area contributed by atoms with Crippen molar-refractivity contribution in [2.45, 2.75) is 19.8 Å². The van der Waals surface area contributed by atoms with Gasteiger partial charge < -0.3 is 24.4 Å². The summed E-state index contributed by atoms with van der Waals surface area (Å²) in [5.41, 5.74) is 2.08. The van der Waals surface area contributed by atoms with Gasteiger partial charge in [0, 0.05) is 25.0 Å². The van der Waals surface area contributed by atoms with E-state index in [1.54, 1.807) is 44.2 Å². The van der Waals surface area contributed by atoms with Crippen LogP contribution in [0.4, 0.5) is 0 Å². The summed E-state index contributed by atoms with van der Waals surface area (Å²) in [5, 5.41) is 3.27. The highest BCUT2D eigenvalue weighted by Crippen LogP contribution is 2.45. The second-order valence-electron chi connectivity index (χ2n) is 6.62. The van der Waals surface area contributed by atoms with Crippen LogP contribution in [0.5, 0.6) is 5.75 Å².